The monoisotopic (exact) mass is 176 g/mol. The maximum atomic E-state index is 11.5. The number of hydrogen-bond acceptors (Lipinski definition) is 2. The van der Waals surface area contributed by atoms with E-state index in [1.54, 1.807) is 0 Å². The van der Waals surface area contributed by atoms with Gasteiger partial charge in [-0.05, 0) is 19.3 Å². The highest BCUT2D eigenvalue weighted by Gasteiger charge is 2.67. The highest BCUT2D eigenvalue weighted by atomic mass is 16.5. The molecule has 3 aliphatic rings. The topological polar surface area (TPSA) is 26.3 Å². The predicted molar refractivity (Wildman–Crippen MR) is 48.0 cm³/mol. The summed E-state index contributed by atoms with van der Waals surface area (Å²) in [5.41, 5.74) is 1.15. The molecule has 0 aromatic heterocycles. The van der Waals surface area contributed by atoms with E-state index in [-0.39, 0.29) is 11.4 Å². The van der Waals surface area contributed by atoms with Crippen molar-refractivity contribution in [2.24, 2.45) is 11.3 Å². The number of ether oxygens (including phenoxy) is 1. The van der Waals surface area contributed by atoms with E-state index in [4.69, 9.17) is 4.74 Å². The van der Waals surface area contributed by atoms with Gasteiger partial charge >= 0.3 is 5.97 Å². The molecule has 68 valence electrons. The Morgan fingerprint density at radius 1 is 1.54 bits per heavy atom. The lowest BCUT2D eigenvalue weighted by molar-refractivity contribution is -0.143. The normalized spacial score (nSPS) is 41.1. The minimum Gasteiger partial charge on any atom is -0.465 e. The molecule has 2 aliphatic carbocycles. The molecule has 13 heavy (non-hydrogen) atoms. The second-order valence-electron chi connectivity index (χ2n) is 4.13. The quantitative estimate of drug-likeness (QED) is 0.570. The fraction of sp³-hybridized carbons (Fsp3) is 0.545. The van der Waals surface area contributed by atoms with Crippen molar-refractivity contribution >= 4 is 5.97 Å². The fourth-order valence-electron chi connectivity index (χ4n) is 2.58. The van der Waals surface area contributed by atoms with Crippen LogP contribution in [-0.2, 0) is 9.53 Å². The lowest BCUT2D eigenvalue weighted by Crippen LogP contribution is -2.17. The second kappa shape index (κ2) is 2.25. The van der Waals surface area contributed by atoms with E-state index in [2.05, 4.69) is 18.2 Å². The van der Waals surface area contributed by atoms with Crippen molar-refractivity contribution in [2.45, 2.75) is 19.3 Å². The molecule has 2 fully saturated rings. The minimum absolute atomic E-state index is 0.0269. The third-order valence-electron chi connectivity index (χ3n) is 3.47. The molecule has 1 saturated carbocycles. The molecule has 0 bridgehead atoms. The molecule has 2 nitrogen and oxygen atoms in total. The molecule has 0 radical (unpaired) electrons. The van der Waals surface area contributed by atoms with Crippen LogP contribution in [0.1, 0.15) is 19.3 Å². The maximum Gasteiger partial charge on any atom is 0.316 e. The Morgan fingerprint density at radius 3 is 3.00 bits per heavy atom. The van der Waals surface area contributed by atoms with E-state index in [1.165, 1.54) is 5.57 Å². The van der Waals surface area contributed by atoms with Crippen molar-refractivity contribution in [2.75, 3.05) is 6.61 Å². The third kappa shape index (κ3) is 0.808. The number of fused-ring (bicyclic) bond motifs is 1. The zero-order valence-corrected chi connectivity index (χ0v) is 7.45. The number of carbonyl (C=O) groups is 1. The lowest BCUT2D eigenvalue weighted by atomic mass is 9.88. The van der Waals surface area contributed by atoms with Gasteiger partial charge in [-0.15, -0.1) is 0 Å². The number of allylic oxidation sites excluding steroid dienone is 3. The summed E-state index contributed by atoms with van der Waals surface area (Å²) in [6, 6.07) is 0. The summed E-state index contributed by atoms with van der Waals surface area (Å²) >= 11 is 0. The zero-order chi connectivity index (χ0) is 8.89. The van der Waals surface area contributed by atoms with Gasteiger partial charge in [0.25, 0.3) is 0 Å². The molecule has 1 saturated heterocycles. The van der Waals surface area contributed by atoms with Gasteiger partial charge in [-0.3, -0.25) is 4.79 Å². The number of esters is 1. The van der Waals surface area contributed by atoms with Crippen molar-refractivity contribution in [3.8, 4) is 0 Å². The predicted octanol–water partition coefficient (Wildman–Crippen LogP) is 1.83. The average molecular weight is 176 g/mol. The highest BCUT2D eigenvalue weighted by molar-refractivity contribution is 5.87. The molecule has 0 aromatic carbocycles. The van der Waals surface area contributed by atoms with Crippen LogP contribution in [0, 0.1) is 11.3 Å². The van der Waals surface area contributed by atoms with E-state index in [0.717, 1.165) is 19.3 Å². The van der Waals surface area contributed by atoms with Crippen LogP contribution in [-0.4, -0.2) is 12.6 Å². The van der Waals surface area contributed by atoms with E-state index in [0.29, 0.717) is 12.5 Å². The molecular weight excluding hydrogens is 164 g/mol. The average Bonchev–Trinajstić information content (AvgIpc) is 2.84. The largest absolute Gasteiger partial charge is 0.465 e. The Labute approximate surface area is 77.3 Å². The van der Waals surface area contributed by atoms with Crippen molar-refractivity contribution in [1.29, 1.82) is 0 Å². The van der Waals surface area contributed by atoms with E-state index in [9.17, 15) is 4.79 Å². The number of rotatable bonds is 1. The first-order valence-electron chi connectivity index (χ1n) is 4.87. The zero-order valence-electron chi connectivity index (χ0n) is 7.45. The smallest absolute Gasteiger partial charge is 0.316 e. The Balaban J connectivity index is 1.96. The van der Waals surface area contributed by atoms with Gasteiger partial charge in [0.2, 0.25) is 0 Å². The first-order chi connectivity index (χ1) is 6.34. The molecule has 1 heterocycles. The third-order valence-corrected chi connectivity index (χ3v) is 3.47. The Kier molecular flexibility index (Phi) is 1.27. The summed E-state index contributed by atoms with van der Waals surface area (Å²) in [5, 5.41) is 0. The molecule has 0 aromatic rings. The van der Waals surface area contributed by atoms with Crippen molar-refractivity contribution < 1.29 is 9.53 Å². The fourth-order valence-corrected chi connectivity index (χ4v) is 2.58. The molecule has 0 N–H and O–H groups in total. The summed E-state index contributed by atoms with van der Waals surface area (Å²) < 4.78 is 5.07. The van der Waals surface area contributed by atoms with Crippen LogP contribution in [0.2, 0.25) is 0 Å². The summed E-state index contributed by atoms with van der Waals surface area (Å²) in [4.78, 5) is 11.5. The first-order valence-corrected chi connectivity index (χ1v) is 4.87. The van der Waals surface area contributed by atoms with E-state index in [1.807, 2.05) is 0 Å². The summed E-state index contributed by atoms with van der Waals surface area (Å²) in [6.07, 6.45) is 9.48. The maximum absolute atomic E-state index is 11.5. The molecule has 0 spiro atoms. The van der Waals surface area contributed by atoms with Crippen molar-refractivity contribution in [3.05, 3.63) is 23.8 Å². The highest BCUT2D eigenvalue weighted by Crippen LogP contribution is 2.63. The first kappa shape index (κ1) is 7.36. The van der Waals surface area contributed by atoms with Gasteiger partial charge in [-0.2, -0.15) is 0 Å². The minimum atomic E-state index is -0.162. The summed E-state index contributed by atoms with van der Waals surface area (Å²) in [5.74, 6) is 0.525. The second-order valence-corrected chi connectivity index (χ2v) is 4.13. The van der Waals surface area contributed by atoms with Crippen LogP contribution in [0.3, 0.4) is 0 Å². The molecule has 2 atom stereocenters. The molecule has 2 heteroatoms. The number of hydrogen-bond donors (Lipinski definition) is 0. The Morgan fingerprint density at radius 2 is 2.46 bits per heavy atom. The molecular formula is C11H12O2. The van der Waals surface area contributed by atoms with Gasteiger partial charge < -0.3 is 4.74 Å². The van der Waals surface area contributed by atoms with Crippen molar-refractivity contribution in [1.82, 2.24) is 0 Å². The van der Waals surface area contributed by atoms with Crippen LogP contribution in [0.5, 0.6) is 0 Å². The Hall–Kier alpha value is -1.05. The van der Waals surface area contributed by atoms with Gasteiger partial charge in [0, 0.05) is 5.92 Å². The molecule has 1 aliphatic heterocycles. The van der Waals surface area contributed by atoms with E-state index < -0.39 is 0 Å². The number of carbonyl (C=O) groups excluding carboxylic acids is 1. The number of cyclic esters (lactones) is 1. The summed E-state index contributed by atoms with van der Waals surface area (Å²) in [6.45, 7) is 0.653. The van der Waals surface area contributed by atoms with Gasteiger partial charge in [-0.25, -0.2) is 0 Å². The van der Waals surface area contributed by atoms with E-state index >= 15 is 0 Å². The Bertz CT molecular complexity index is 327. The van der Waals surface area contributed by atoms with Crippen LogP contribution >= 0.6 is 0 Å². The lowest BCUT2D eigenvalue weighted by Gasteiger charge is -2.15. The SMILES string of the molecule is O=C1OCC2CC12C1=CC=CCC1. The van der Waals surface area contributed by atoms with Gasteiger partial charge in [0.05, 0.1) is 12.0 Å². The van der Waals surface area contributed by atoms with Gasteiger partial charge in [-0.1, -0.05) is 23.8 Å². The molecule has 2 unspecified atom stereocenters. The van der Waals surface area contributed by atoms with Gasteiger partial charge in [0.1, 0.15) is 0 Å². The molecule has 0 amide bonds. The van der Waals surface area contributed by atoms with Crippen molar-refractivity contribution in [3.63, 3.8) is 0 Å². The summed E-state index contributed by atoms with van der Waals surface area (Å²) in [7, 11) is 0. The van der Waals surface area contributed by atoms with Gasteiger partial charge in [0.15, 0.2) is 0 Å². The van der Waals surface area contributed by atoms with Crippen LogP contribution < -0.4 is 0 Å². The molecule has 3 rings (SSSR count). The van der Waals surface area contributed by atoms with Crippen LogP contribution in [0.25, 0.3) is 0 Å². The van der Waals surface area contributed by atoms with Crippen LogP contribution in [0.15, 0.2) is 23.8 Å². The standard InChI is InChI=1S/C11H12O2/c12-10-11(6-9(11)7-13-10)8-4-2-1-3-5-8/h1-2,4,9H,3,5-7H2. The van der Waals surface area contributed by atoms with Crippen LogP contribution in [0.4, 0.5) is 0 Å².